The van der Waals surface area contributed by atoms with Crippen molar-refractivity contribution >= 4 is 45.2 Å². The van der Waals surface area contributed by atoms with Crippen molar-refractivity contribution in [3.05, 3.63) is 53.0 Å². The van der Waals surface area contributed by atoms with Gasteiger partial charge in [0.05, 0.1) is 17.3 Å². The highest BCUT2D eigenvalue weighted by Crippen LogP contribution is 2.43. The van der Waals surface area contributed by atoms with Crippen molar-refractivity contribution in [2.45, 2.75) is 51.7 Å². The molecule has 38 heavy (non-hydrogen) atoms. The van der Waals surface area contributed by atoms with Crippen LogP contribution < -0.4 is 4.90 Å². The van der Waals surface area contributed by atoms with Gasteiger partial charge in [-0.1, -0.05) is 24.3 Å². The zero-order chi connectivity index (χ0) is 27.2. The van der Waals surface area contributed by atoms with Gasteiger partial charge in [0.25, 0.3) is 0 Å². The number of carboxylic acid groups (broad SMARTS) is 1. The first-order valence-electron chi connectivity index (χ1n) is 12.3. The Labute approximate surface area is 225 Å². The number of amides is 1. The summed E-state index contributed by atoms with van der Waals surface area (Å²) >= 11 is 2.62. The zero-order valence-corrected chi connectivity index (χ0v) is 22.4. The summed E-state index contributed by atoms with van der Waals surface area (Å²) in [6.07, 6.45) is -0.275. The molecular weight excluding hydrogens is 535 g/mol. The number of aromatic nitrogens is 2. The second-order valence-corrected chi connectivity index (χ2v) is 11.7. The number of carbonyl (C=O) groups is 2. The lowest BCUT2D eigenvalue weighted by atomic mass is 9.81. The summed E-state index contributed by atoms with van der Waals surface area (Å²) in [6.45, 7) is 3.57. The van der Waals surface area contributed by atoms with E-state index in [0.717, 1.165) is 33.1 Å². The van der Waals surface area contributed by atoms with E-state index >= 15 is 0 Å². The highest BCUT2D eigenvalue weighted by Gasteiger charge is 2.43. The minimum Gasteiger partial charge on any atom is -0.477 e. The van der Waals surface area contributed by atoms with Gasteiger partial charge in [0.15, 0.2) is 4.96 Å². The minimum absolute atomic E-state index is 0.0319. The van der Waals surface area contributed by atoms with Crippen molar-refractivity contribution in [3.8, 4) is 21.7 Å². The predicted molar refractivity (Wildman–Crippen MR) is 143 cm³/mol. The van der Waals surface area contributed by atoms with Crippen LogP contribution in [-0.2, 0) is 4.79 Å². The average molecular weight is 562 g/mol. The Morgan fingerprint density at radius 2 is 1.76 bits per heavy atom. The van der Waals surface area contributed by atoms with Gasteiger partial charge in [0.1, 0.15) is 4.88 Å². The van der Waals surface area contributed by atoms with E-state index in [2.05, 4.69) is 4.98 Å². The number of carboxylic acids is 1. The summed E-state index contributed by atoms with van der Waals surface area (Å²) in [5.41, 5.74) is 2.84. The standard InChI is InChI=1S/C27H26F3N3O3S2/c1-15(2)33(24(34)18-7-9-19(10-8-18)27(28,29)30)21-13-22(38-23(21)25(35)36)17-5-3-16(4-6-17)20-14-32-11-12-37-26(32)31-20/h3-6,11-15,18-19H,7-10H2,1-2H3,(H,35,36)/t18-,19-. The molecule has 5 rings (SSSR count). The van der Waals surface area contributed by atoms with Crippen molar-refractivity contribution in [1.29, 1.82) is 0 Å². The van der Waals surface area contributed by atoms with E-state index in [-0.39, 0.29) is 48.2 Å². The third-order valence-electron chi connectivity index (χ3n) is 7.02. The number of aromatic carboxylic acids is 1. The van der Waals surface area contributed by atoms with Crippen LogP contribution in [-0.4, -0.2) is 38.6 Å². The lowest BCUT2D eigenvalue weighted by molar-refractivity contribution is -0.184. The highest BCUT2D eigenvalue weighted by molar-refractivity contribution is 7.18. The molecule has 200 valence electrons. The van der Waals surface area contributed by atoms with Crippen LogP contribution in [0.2, 0.25) is 0 Å². The first-order chi connectivity index (χ1) is 18.0. The van der Waals surface area contributed by atoms with E-state index < -0.39 is 24.0 Å². The Morgan fingerprint density at radius 3 is 2.34 bits per heavy atom. The SMILES string of the molecule is CC(C)N(c1cc(-c2ccc(-c3cn4ccsc4n3)cc2)sc1C(=O)O)C(=O)[C@H]1CC[C@H](C(F)(F)F)CC1. The third-order valence-corrected chi connectivity index (χ3v) is 8.95. The van der Waals surface area contributed by atoms with E-state index in [9.17, 15) is 27.9 Å². The Kier molecular flexibility index (Phi) is 7.08. The van der Waals surface area contributed by atoms with Crippen LogP contribution in [0.25, 0.3) is 26.7 Å². The Morgan fingerprint density at radius 1 is 1.11 bits per heavy atom. The summed E-state index contributed by atoms with van der Waals surface area (Å²) in [5.74, 6) is -3.42. The maximum Gasteiger partial charge on any atom is 0.391 e. The van der Waals surface area contributed by atoms with Gasteiger partial charge in [-0.25, -0.2) is 9.78 Å². The minimum atomic E-state index is -4.26. The molecule has 4 aromatic rings. The number of anilines is 1. The number of hydrogen-bond acceptors (Lipinski definition) is 5. The van der Waals surface area contributed by atoms with Crippen molar-refractivity contribution in [2.24, 2.45) is 11.8 Å². The molecule has 1 N–H and O–H groups in total. The summed E-state index contributed by atoms with van der Waals surface area (Å²) < 4.78 is 41.3. The number of halogens is 3. The molecule has 1 fully saturated rings. The number of thiophene rings is 1. The smallest absolute Gasteiger partial charge is 0.391 e. The largest absolute Gasteiger partial charge is 0.477 e. The molecule has 0 spiro atoms. The third kappa shape index (κ3) is 5.09. The Balaban J connectivity index is 1.41. The quantitative estimate of drug-likeness (QED) is 0.263. The van der Waals surface area contributed by atoms with Crippen molar-refractivity contribution < 1.29 is 27.9 Å². The molecule has 0 saturated heterocycles. The number of alkyl halides is 3. The molecule has 1 aliphatic rings. The van der Waals surface area contributed by atoms with Crippen LogP contribution in [0.5, 0.6) is 0 Å². The first kappa shape index (κ1) is 26.4. The number of fused-ring (bicyclic) bond motifs is 1. The van der Waals surface area contributed by atoms with Crippen LogP contribution in [0.15, 0.2) is 48.1 Å². The van der Waals surface area contributed by atoms with Crippen molar-refractivity contribution in [2.75, 3.05) is 4.90 Å². The number of hydrogen-bond donors (Lipinski definition) is 1. The van der Waals surface area contributed by atoms with Gasteiger partial charge in [0, 0.05) is 40.2 Å². The number of thiazole rings is 1. The van der Waals surface area contributed by atoms with Crippen molar-refractivity contribution in [1.82, 2.24) is 9.38 Å². The summed E-state index contributed by atoms with van der Waals surface area (Å²) in [6, 6.07) is 8.97. The van der Waals surface area contributed by atoms with Gasteiger partial charge < -0.3 is 10.0 Å². The molecule has 0 atom stereocenters. The van der Waals surface area contributed by atoms with Crippen LogP contribution in [0.4, 0.5) is 18.9 Å². The van der Waals surface area contributed by atoms with Crippen LogP contribution in [0, 0.1) is 11.8 Å². The number of nitrogens with zero attached hydrogens (tertiary/aromatic N) is 3. The second-order valence-electron chi connectivity index (χ2n) is 9.82. The van der Waals surface area contributed by atoms with E-state index in [1.807, 2.05) is 46.4 Å². The molecule has 3 aromatic heterocycles. The average Bonchev–Trinajstić information content (AvgIpc) is 3.59. The fraction of sp³-hybridized carbons (Fsp3) is 0.370. The van der Waals surface area contributed by atoms with Crippen molar-refractivity contribution in [3.63, 3.8) is 0 Å². The van der Waals surface area contributed by atoms with Crippen LogP contribution in [0.3, 0.4) is 0 Å². The molecule has 0 aliphatic heterocycles. The molecule has 0 radical (unpaired) electrons. The van der Waals surface area contributed by atoms with Crippen LogP contribution in [0.1, 0.15) is 49.2 Å². The molecule has 0 unspecified atom stereocenters. The normalized spacial score (nSPS) is 18.3. The Bertz CT molecular complexity index is 1430. The Hall–Kier alpha value is -3.18. The number of imidazole rings is 1. The lowest BCUT2D eigenvalue weighted by Gasteiger charge is -2.34. The first-order valence-corrected chi connectivity index (χ1v) is 14.0. The molecule has 1 aliphatic carbocycles. The lowest BCUT2D eigenvalue weighted by Crippen LogP contribution is -2.43. The fourth-order valence-electron chi connectivity index (χ4n) is 5.04. The van der Waals surface area contributed by atoms with Gasteiger partial charge in [-0.3, -0.25) is 9.20 Å². The molecule has 0 bridgehead atoms. The van der Waals surface area contributed by atoms with Gasteiger partial charge in [-0.2, -0.15) is 13.2 Å². The highest BCUT2D eigenvalue weighted by atomic mass is 32.1. The second kappa shape index (κ2) is 10.2. The molecular formula is C27H26F3N3O3S2. The molecule has 3 heterocycles. The van der Waals surface area contributed by atoms with E-state index in [1.54, 1.807) is 31.3 Å². The van der Waals surface area contributed by atoms with Gasteiger partial charge >= 0.3 is 12.1 Å². The van der Waals surface area contributed by atoms with E-state index in [0.29, 0.717) is 4.88 Å². The van der Waals surface area contributed by atoms with E-state index in [1.165, 1.54) is 4.90 Å². The van der Waals surface area contributed by atoms with E-state index in [4.69, 9.17) is 0 Å². The number of benzene rings is 1. The zero-order valence-electron chi connectivity index (χ0n) is 20.7. The van der Waals surface area contributed by atoms with Gasteiger partial charge in [-0.15, -0.1) is 22.7 Å². The monoisotopic (exact) mass is 561 g/mol. The fourth-order valence-corrected chi connectivity index (χ4v) is 6.74. The predicted octanol–water partition coefficient (Wildman–Crippen LogP) is 7.60. The summed E-state index contributed by atoms with van der Waals surface area (Å²) in [4.78, 5) is 33.4. The van der Waals surface area contributed by atoms with Gasteiger partial charge in [-0.05, 0) is 51.2 Å². The number of carbonyl (C=O) groups excluding carboxylic acids is 1. The summed E-state index contributed by atoms with van der Waals surface area (Å²) in [7, 11) is 0. The molecule has 1 saturated carbocycles. The van der Waals surface area contributed by atoms with Gasteiger partial charge in [0.2, 0.25) is 5.91 Å². The maximum absolute atomic E-state index is 13.5. The number of rotatable bonds is 6. The maximum atomic E-state index is 13.5. The summed E-state index contributed by atoms with van der Waals surface area (Å²) in [5, 5.41) is 11.9. The molecule has 1 aromatic carbocycles. The molecule has 1 amide bonds. The van der Waals surface area contributed by atoms with Crippen LogP contribution >= 0.6 is 22.7 Å². The topological polar surface area (TPSA) is 74.9 Å². The molecule has 6 nitrogen and oxygen atoms in total. The molecule has 11 heteroatoms.